The lowest BCUT2D eigenvalue weighted by Crippen LogP contribution is -2.31. The molecular formula is C11H20N4O2S. The Morgan fingerprint density at radius 2 is 2.22 bits per heavy atom. The summed E-state index contributed by atoms with van der Waals surface area (Å²) >= 11 is 0. The van der Waals surface area contributed by atoms with Crippen LogP contribution in [0.4, 0.5) is 0 Å². The smallest absolute Gasteiger partial charge is 0.260 e. The number of aromatic amines is 1. The van der Waals surface area contributed by atoms with Crippen LogP contribution in [0, 0.1) is 0 Å². The van der Waals surface area contributed by atoms with E-state index in [1.807, 2.05) is 13.8 Å². The molecule has 0 amide bonds. The number of sulfonamides is 1. The van der Waals surface area contributed by atoms with E-state index in [-0.39, 0.29) is 11.1 Å². The Hall–Kier alpha value is -0.920. The van der Waals surface area contributed by atoms with Crippen molar-refractivity contribution in [2.75, 3.05) is 7.05 Å². The highest BCUT2D eigenvalue weighted by Gasteiger charge is 2.36. The second-order valence-corrected chi connectivity index (χ2v) is 6.95. The van der Waals surface area contributed by atoms with Crippen LogP contribution in [-0.2, 0) is 16.6 Å². The molecule has 1 saturated carbocycles. The molecule has 0 saturated heterocycles. The summed E-state index contributed by atoms with van der Waals surface area (Å²) in [5.41, 5.74) is 0.691. The Morgan fingerprint density at radius 1 is 1.56 bits per heavy atom. The van der Waals surface area contributed by atoms with Crippen LogP contribution in [0.25, 0.3) is 0 Å². The summed E-state index contributed by atoms with van der Waals surface area (Å²) in [5.74, 6) is 0. The average Bonchev–Trinajstić information content (AvgIpc) is 3.03. The van der Waals surface area contributed by atoms with E-state index in [0.29, 0.717) is 18.2 Å². The van der Waals surface area contributed by atoms with Crippen LogP contribution in [-0.4, -0.2) is 42.1 Å². The van der Waals surface area contributed by atoms with Crippen molar-refractivity contribution in [3.8, 4) is 0 Å². The molecule has 0 unspecified atom stereocenters. The average molecular weight is 272 g/mol. The highest BCUT2D eigenvalue weighted by Crippen LogP contribution is 2.30. The third-order valence-electron chi connectivity index (χ3n) is 3.08. The minimum Gasteiger partial charge on any atom is -0.310 e. The second-order valence-electron chi connectivity index (χ2n) is 5.01. The fraction of sp³-hybridized carbons (Fsp3) is 0.727. The first-order valence-electron chi connectivity index (χ1n) is 6.16. The maximum Gasteiger partial charge on any atom is 0.260 e. The lowest BCUT2D eigenvalue weighted by molar-refractivity contribution is 0.459. The van der Waals surface area contributed by atoms with Gasteiger partial charge in [0.1, 0.15) is 0 Å². The largest absolute Gasteiger partial charge is 0.310 e. The highest BCUT2D eigenvalue weighted by atomic mass is 32.2. The Bertz CT molecular complexity index is 505. The minimum atomic E-state index is -3.44. The fourth-order valence-corrected chi connectivity index (χ4v) is 3.26. The van der Waals surface area contributed by atoms with Crippen LogP contribution in [0.1, 0.15) is 32.3 Å². The fourth-order valence-electron chi connectivity index (χ4n) is 1.74. The van der Waals surface area contributed by atoms with Crippen LogP contribution in [0.15, 0.2) is 11.2 Å². The number of hydrogen-bond acceptors (Lipinski definition) is 4. The molecule has 1 aliphatic carbocycles. The molecule has 0 aromatic carbocycles. The Morgan fingerprint density at radius 3 is 2.78 bits per heavy atom. The molecule has 1 aromatic heterocycles. The summed E-state index contributed by atoms with van der Waals surface area (Å²) in [6, 6.07) is 0.459. The van der Waals surface area contributed by atoms with E-state index in [9.17, 15) is 8.42 Å². The molecule has 0 spiro atoms. The van der Waals surface area contributed by atoms with Crippen LogP contribution in [0.3, 0.4) is 0 Å². The zero-order chi connectivity index (χ0) is 13.3. The predicted molar refractivity (Wildman–Crippen MR) is 68.5 cm³/mol. The van der Waals surface area contributed by atoms with Gasteiger partial charge < -0.3 is 5.32 Å². The third-order valence-corrected chi connectivity index (χ3v) is 5.00. The second kappa shape index (κ2) is 4.99. The molecule has 102 valence electrons. The van der Waals surface area contributed by atoms with Crippen molar-refractivity contribution in [3.63, 3.8) is 0 Å². The Labute approximate surface area is 108 Å². The van der Waals surface area contributed by atoms with Crippen molar-refractivity contribution in [1.82, 2.24) is 19.8 Å². The summed E-state index contributed by atoms with van der Waals surface area (Å²) in [6.07, 6.45) is 3.47. The number of rotatable bonds is 6. The molecule has 1 fully saturated rings. The van der Waals surface area contributed by atoms with E-state index in [4.69, 9.17) is 0 Å². The van der Waals surface area contributed by atoms with Gasteiger partial charge in [0.15, 0.2) is 5.03 Å². The molecule has 2 rings (SSSR count). The van der Waals surface area contributed by atoms with E-state index >= 15 is 0 Å². The van der Waals surface area contributed by atoms with Crippen molar-refractivity contribution in [2.45, 2.75) is 50.3 Å². The first-order valence-corrected chi connectivity index (χ1v) is 7.60. The number of H-pyrrole nitrogens is 1. The van der Waals surface area contributed by atoms with Crippen LogP contribution in [0.5, 0.6) is 0 Å². The number of aromatic nitrogens is 2. The molecule has 1 aliphatic rings. The van der Waals surface area contributed by atoms with Gasteiger partial charge in [-0.1, -0.05) is 13.8 Å². The molecule has 0 radical (unpaired) electrons. The van der Waals surface area contributed by atoms with Gasteiger partial charge in [0.2, 0.25) is 0 Å². The molecule has 7 heteroatoms. The van der Waals surface area contributed by atoms with Gasteiger partial charge in [0, 0.05) is 31.2 Å². The Balaban J connectivity index is 2.19. The topological polar surface area (TPSA) is 78.1 Å². The van der Waals surface area contributed by atoms with E-state index in [2.05, 4.69) is 15.5 Å². The van der Waals surface area contributed by atoms with Gasteiger partial charge in [-0.2, -0.15) is 9.40 Å². The highest BCUT2D eigenvalue weighted by molar-refractivity contribution is 7.89. The molecule has 6 nitrogen and oxygen atoms in total. The van der Waals surface area contributed by atoms with Crippen molar-refractivity contribution in [2.24, 2.45) is 0 Å². The molecule has 1 aromatic rings. The first-order chi connectivity index (χ1) is 8.43. The number of nitrogens with zero attached hydrogens (tertiary/aromatic N) is 2. The molecule has 0 bridgehead atoms. The van der Waals surface area contributed by atoms with E-state index < -0.39 is 10.0 Å². The van der Waals surface area contributed by atoms with E-state index in [1.165, 1.54) is 4.31 Å². The van der Waals surface area contributed by atoms with Gasteiger partial charge >= 0.3 is 0 Å². The third kappa shape index (κ3) is 2.73. The molecule has 1 heterocycles. The maximum atomic E-state index is 12.4. The molecule has 18 heavy (non-hydrogen) atoms. The van der Waals surface area contributed by atoms with Crippen molar-refractivity contribution >= 4 is 10.0 Å². The van der Waals surface area contributed by atoms with E-state index in [0.717, 1.165) is 12.8 Å². The summed E-state index contributed by atoms with van der Waals surface area (Å²) in [4.78, 5) is 0. The standard InChI is InChI=1S/C11H20N4O2S/c1-8(2)12-6-9-7-13-14-11(9)18(16,17)15(3)10-4-5-10/h7-8,10,12H,4-6H2,1-3H3,(H,13,14). The molecule has 2 N–H and O–H groups in total. The summed E-state index contributed by atoms with van der Waals surface area (Å²) in [5, 5.41) is 9.89. The maximum absolute atomic E-state index is 12.4. The van der Waals surface area contributed by atoms with Crippen LogP contribution in [0.2, 0.25) is 0 Å². The lowest BCUT2D eigenvalue weighted by atomic mass is 10.3. The minimum absolute atomic E-state index is 0.157. The van der Waals surface area contributed by atoms with Crippen LogP contribution < -0.4 is 5.32 Å². The zero-order valence-corrected chi connectivity index (χ0v) is 11.8. The normalized spacial score (nSPS) is 16.7. The molecule has 0 atom stereocenters. The number of hydrogen-bond donors (Lipinski definition) is 2. The number of nitrogens with one attached hydrogen (secondary N) is 2. The van der Waals surface area contributed by atoms with Gasteiger partial charge in [-0.3, -0.25) is 5.10 Å². The van der Waals surface area contributed by atoms with Gasteiger partial charge in [-0.25, -0.2) is 8.42 Å². The molecular weight excluding hydrogens is 252 g/mol. The van der Waals surface area contributed by atoms with Gasteiger partial charge in [-0.15, -0.1) is 0 Å². The monoisotopic (exact) mass is 272 g/mol. The first kappa shape index (κ1) is 13.5. The predicted octanol–water partition coefficient (Wildman–Crippen LogP) is 0.691. The summed E-state index contributed by atoms with van der Waals surface area (Å²) in [7, 11) is -1.80. The van der Waals surface area contributed by atoms with E-state index in [1.54, 1.807) is 13.2 Å². The van der Waals surface area contributed by atoms with Crippen molar-refractivity contribution in [3.05, 3.63) is 11.8 Å². The molecule has 0 aliphatic heterocycles. The van der Waals surface area contributed by atoms with Crippen molar-refractivity contribution in [1.29, 1.82) is 0 Å². The summed E-state index contributed by atoms with van der Waals surface area (Å²) in [6.45, 7) is 4.54. The summed E-state index contributed by atoms with van der Waals surface area (Å²) < 4.78 is 26.2. The quantitative estimate of drug-likeness (QED) is 0.798. The lowest BCUT2D eigenvalue weighted by Gasteiger charge is -2.16. The van der Waals surface area contributed by atoms with Crippen LogP contribution >= 0.6 is 0 Å². The van der Waals surface area contributed by atoms with Gasteiger partial charge in [-0.05, 0) is 12.8 Å². The van der Waals surface area contributed by atoms with Crippen molar-refractivity contribution < 1.29 is 8.42 Å². The van der Waals surface area contributed by atoms with Gasteiger partial charge in [0.25, 0.3) is 10.0 Å². The Kier molecular flexibility index (Phi) is 3.74. The van der Waals surface area contributed by atoms with Gasteiger partial charge in [0.05, 0.1) is 6.20 Å². The SMILES string of the molecule is CC(C)NCc1cn[nH]c1S(=O)(=O)N(C)C1CC1. The zero-order valence-electron chi connectivity index (χ0n) is 11.0.